The summed E-state index contributed by atoms with van der Waals surface area (Å²) in [7, 11) is -3.55. The van der Waals surface area contributed by atoms with E-state index in [-0.39, 0.29) is 24.4 Å². The second-order valence-corrected chi connectivity index (χ2v) is 4.85. The largest absolute Gasteiger partial charge is 0.481 e. The fraction of sp³-hybridized carbons (Fsp3) is 0.375. The van der Waals surface area contributed by atoms with Gasteiger partial charge in [-0.2, -0.15) is 0 Å². The van der Waals surface area contributed by atoms with Gasteiger partial charge in [0, 0.05) is 18.8 Å². The van der Waals surface area contributed by atoms with E-state index in [0.717, 1.165) is 0 Å². The minimum atomic E-state index is -3.55. The van der Waals surface area contributed by atoms with Crippen molar-refractivity contribution in [1.82, 2.24) is 9.97 Å². The van der Waals surface area contributed by atoms with E-state index in [2.05, 4.69) is 14.7 Å². The van der Waals surface area contributed by atoms with E-state index in [0.29, 0.717) is 0 Å². The summed E-state index contributed by atoms with van der Waals surface area (Å²) in [6.45, 7) is 0. The lowest BCUT2D eigenvalue weighted by molar-refractivity contribution is -0.137. The van der Waals surface area contributed by atoms with Gasteiger partial charge in [0.2, 0.25) is 10.0 Å². The molecular weight excluding hydrogens is 234 g/mol. The zero-order chi connectivity index (χ0) is 12.0. The number of carboxylic acids is 1. The van der Waals surface area contributed by atoms with Gasteiger partial charge in [-0.05, 0) is 6.42 Å². The summed E-state index contributed by atoms with van der Waals surface area (Å²) in [4.78, 5) is 17.6. The molecule has 0 aliphatic heterocycles. The first-order valence-corrected chi connectivity index (χ1v) is 6.13. The van der Waals surface area contributed by atoms with Crippen LogP contribution < -0.4 is 4.72 Å². The van der Waals surface area contributed by atoms with Gasteiger partial charge >= 0.3 is 5.97 Å². The smallest absolute Gasteiger partial charge is 0.303 e. The Morgan fingerprint density at radius 1 is 1.44 bits per heavy atom. The third-order valence-electron chi connectivity index (χ3n) is 1.63. The molecule has 0 fully saturated rings. The highest BCUT2D eigenvalue weighted by Crippen LogP contribution is 2.04. The quantitative estimate of drug-likeness (QED) is 0.734. The first-order valence-electron chi connectivity index (χ1n) is 4.48. The van der Waals surface area contributed by atoms with E-state index in [9.17, 15) is 13.2 Å². The highest BCUT2D eigenvalue weighted by molar-refractivity contribution is 7.92. The molecule has 2 N–H and O–H groups in total. The fourth-order valence-electron chi connectivity index (χ4n) is 0.976. The fourth-order valence-corrected chi connectivity index (χ4v) is 2.03. The molecule has 0 aliphatic rings. The average molecular weight is 245 g/mol. The molecule has 0 amide bonds. The number of rotatable bonds is 6. The Bertz CT molecular complexity index is 446. The summed E-state index contributed by atoms with van der Waals surface area (Å²) >= 11 is 0. The van der Waals surface area contributed by atoms with Crippen LogP contribution in [0.25, 0.3) is 0 Å². The van der Waals surface area contributed by atoms with E-state index in [1.54, 1.807) is 0 Å². The molecule has 0 atom stereocenters. The van der Waals surface area contributed by atoms with Gasteiger partial charge in [0.1, 0.15) is 0 Å². The van der Waals surface area contributed by atoms with Crippen molar-refractivity contribution in [3.8, 4) is 0 Å². The van der Waals surface area contributed by atoms with Crippen LogP contribution in [0.15, 0.2) is 18.6 Å². The lowest BCUT2D eigenvalue weighted by Gasteiger charge is -2.05. The van der Waals surface area contributed by atoms with Crippen LogP contribution in [0.1, 0.15) is 12.8 Å². The second-order valence-electron chi connectivity index (χ2n) is 3.01. The summed E-state index contributed by atoms with van der Waals surface area (Å²) in [5, 5.41) is 8.36. The first-order chi connectivity index (χ1) is 7.49. The molecule has 1 heterocycles. The molecule has 0 spiro atoms. The van der Waals surface area contributed by atoms with E-state index >= 15 is 0 Å². The van der Waals surface area contributed by atoms with Crippen LogP contribution in [0.4, 0.5) is 5.82 Å². The van der Waals surface area contributed by atoms with Crippen molar-refractivity contribution in [2.75, 3.05) is 10.5 Å². The van der Waals surface area contributed by atoms with E-state index in [4.69, 9.17) is 5.11 Å². The molecule has 1 rings (SSSR count). The van der Waals surface area contributed by atoms with Gasteiger partial charge in [0.05, 0.1) is 11.9 Å². The molecule has 0 radical (unpaired) electrons. The van der Waals surface area contributed by atoms with Gasteiger partial charge in [-0.25, -0.2) is 13.4 Å². The predicted molar refractivity (Wildman–Crippen MR) is 56.3 cm³/mol. The van der Waals surface area contributed by atoms with E-state index < -0.39 is 16.0 Å². The monoisotopic (exact) mass is 245 g/mol. The second kappa shape index (κ2) is 5.40. The summed E-state index contributed by atoms with van der Waals surface area (Å²) in [6.07, 6.45) is 3.93. The number of carboxylic acid groups (broad SMARTS) is 1. The van der Waals surface area contributed by atoms with Crippen LogP contribution >= 0.6 is 0 Å². The van der Waals surface area contributed by atoms with Crippen LogP contribution in [0.2, 0.25) is 0 Å². The van der Waals surface area contributed by atoms with Crippen molar-refractivity contribution in [2.24, 2.45) is 0 Å². The Kier molecular flexibility index (Phi) is 4.18. The van der Waals surface area contributed by atoms with Crippen molar-refractivity contribution in [3.63, 3.8) is 0 Å². The molecule has 0 aliphatic carbocycles. The van der Waals surface area contributed by atoms with Gasteiger partial charge in [0.15, 0.2) is 5.82 Å². The first kappa shape index (κ1) is 12.4. The summed E-state index contributed by atoms with van der Waals surface area (Å²) in [5.74, 6) is -1.15. The zero-order valence-electron chi connectivity index (χ0n) is 8.33. The van der Waals surface area contributed by atoms with Crippen molar-refractivity contribution >= 4 is 21.8 Å². The Morgan fingerprint density at radius 2 is 2.19 bits per heavy atom. The molecule has 1 aromatic rings. The number of anilines is 1. The number of aromatic nitrogens is 2. The Balaban J connectivity index is 2.49. The standard InChI is InChI=1S/C8H11N3O4S/c12-8(13)2-1-5-16(14,15)11-7-6-9-3-4-10-7/h3-4,6H,1-2,5H2,(H,10,11)(H,12,13). The number of nitrogens with one attached hydrogen (secondary N) is 1. The Labute approximate surface area is 92.6 Å². The van der Waals surface area contributed by atoms with Crippen LogP contribution in [0.3, 0.4) is 0 Å². The van der Waals surface area contributed by atoms with Gasteiger partial charge < -0.3 is 5.11 Å². The summed E-state index contributed by atoms with van der Waals surface area (Å²) in [5.41, 5.74) is 0. The molecule has 88 valence electrons. The van der Waals surface area contributed by atoms with Crippen molar-refractivity contribution in [2.45, 2.75) is 12.8 Å². The SMILES string of the molecule is O=C(O)CCCS(=O)(=O)Nc1cnccn1. The molecule has 0 saturated heterocycles. The van der Waals surface area contributed by atoms with Gasteiger partial charge in [0.25, 0.3) is 0 Å². The average Bonchev–Trinajstić information content (AvgIpc) is 2.17. The lowest BCUT2D eigenvalue weighted by atomic mass is 10.3. The topological polar surface area (TPSA) is 109 Å². The minimum absolute atomic E-state index is 0.0604. The van der Waals surface area contributed by atoms with Crippen LogP contribution in [-0.2, 0) is 14.8 Å². The maximum Gasteiger partial charge on any atom is 0.303 e. The summed E-state index contributed by atoms with van der Waals surface area (Å²) < 4.78 is 25.0. The van der Waals surface area contributed by atoms with E-state index in [1.807, 2.05) is 0 Å². The van der Waals surface area contributed by atoms with Gasteiger partial charge in [-0.15, -0.1) is 0 Å². The van der Waals surface area contributed by atoms with Crippen LogP contribution in [-0.4, -0.2) is 35.2 Å². The van der Waals surface area contributed by atoms with E-state index in [1.165, 1.54) is 18.6 Å². The predicted octanol–water partition coefficient (Wildman–Crippen LogP) is 0.0831. The number of carbonyl (C=O) groups is 1. The molecule has 16 heavy (non-hydrogen) atoms. The van der Waals surface area contributed by atoms with Crippen LogP contribution in [0.5, 0.6) is 0 Å². The molecule has 7 nitrogen and oxygen atoms in total. The maximum atomic E-state index is 11.4. The number of hydrogen-bond donors (Lipinski definition) is 2. The van der Waals surface area contributed by atoms with Crippen LogP contribution in [0, 0.1) is 0 Å². The molecule has 0 unspecified atom stereocenters. The molecule has 0 aromatic carbocycles. The van der Waals surface area contributed by atoms with Gasteiger partial charge in [-0.3, -0.25) is 14.5 Å². The number of sulfonamides is 1. The Morgan fingerprint density at radius 3 is 2.75 bits per heavy atom. The lowest BCUT2D eigenvalue weighted by Crippen LogP contribution is -2.18. The van der Waals surface area contributed by atoms with Crippen molar-refractivity contribution in [3.05, 3.63) is 18.6 Å². The molecule has 8 heteroatoms. The number of hydrogen-bond acceptors (Lipinski definition) is 5. The summed E-state index contributed by atoms with van der Waals surface area (Å²) in [6, 6.07) is 0. The highest BCUT2D eigenvalue weighted by atomic mass is 32.2. The molecule has 0 bridgehead atoms. The van der Waals surface area contributed by atoms with Crippen molar-refractivity contribution in [1.29, 1.82) is 0 Å². The number of aliphatic carboxylic acids is 1. The van der Waals surface area contributed by atoms with Gasteiger partial charge in [-0.1, -0.05) is 0 Å². The molecule has 0 saturated carbocycles. The third-order valence-corrected chi connectivity index (χ3v) is 2.97. The highest BCUT2D eigenvalue weighted by Gasteiger charge is 2.11. The zero-order valence-corrected chi connectivity index (χ0v) is 9.14. The maximum absolute atomic E-state index is 11.4. The third kappa shape index (κ3) is 4.69. The minimum Gasteiger partial charge on any atom is -0.481 e. The molecule has 1 aromatic heterocycles. The van der Waals surface area contributed by atoms with Crippen molar-refractivity contribution < 1.29 is 18.3 Å². The molecular formula is C8H11N3O4S. The normalized spacial score (nSPS) is 11.0. The number of nitrogens with zero attached hydrogens (tertiary/aromatic N) is 2. The Hall–Kier alpha value is -1.70.